The lowest BCUT2D eigenvalue weighted by Gasteiger charge is -2.13. The summed E-state index contributed by atoms with van der Waals surface area (Å²) in [7, 11) is -3.74. The van der Waals surface area contributed by atoms with Crippen molar-refractivity contribution in [3.8, 4) is 0 Å². The van der Waals surface area contributed by atoms with E-state index in [1.807, 2.05) is 18.2 Å². The standard InChI is InChI=1S/C20H19N3O3S/c24-20(14-13-16-8-6-7-15-21-16)22-18-11-4-5-12-19(18)23-27(25,26)17-9-2-1-3-10-17/h1-12,15,23H,13-14H2,(H,22,24). The third-order valence-corrected chi connectivity index (χ3v) is 5.21. The van der Waals surface area contributed by atoms with E-state index in [0.717, 1.165) is 5.69 Å². The van der Waals surface area contributed by atoms with E-state index in [9.17, 15) is 13.2 Å². The summed E-state index contributed by atoms with van der Waals surface area (Å²) in [5.41, 5.74) is 1.54. The Balaban J connectivity index is 1.69. The number of benzene rings is 2. The average Bonchev–Trinajstić information content (AvgIpc) is 2.69. The fourth-order valence-corrected chi connectivity index (χ4v) is 3.59. The molecule has 0 spiro atoms. The number of carbonyl (C=O) groups excluding carboxylic acids is 1. The molecule has 0 aliphatic carbocycles. The third-order valence-electron chi connectivity index (χ3n) is 3.83. The van der Waals surface area contributed by atoms with Crippen LogP contribution in [0, 0.1) is 0 Å². The van der Waals surface area contributed by atoms with Gasteiger partial charge < -0.3 is 5.32 Å². The predicted molar refractivity (Wildman–Crippen MR) is 105 cm³/mol. The zero-order chi connectivity index (χ0) is 19.1. The van der Waals surface area contributed by atoms with Crippen molar-refractivity contribution in [2.45, 2.75) is 17.7 Å². The van der Waals surface area contributed by atoms with Gasteiger partial charge in [-0.25, -0.2) is 8.42 Å². The van der Waals surface area contributed by atoms with Crippen molar-refractivity contribution in [2.24, 2.45) is 0 Å². The van der Waals surface area contributed by atoms with Crippen LogP contribution in [0.25, 0.3) is 0 Å². The first-order chi connectivity index (χ1) is 13.0. The smallest absolute Gasteiger partial charge is 0.261 e. The molecule has 138 valence electrons. The van der Waals surface area contributed by atoms with E-state index >= 15 is 0 Å². The zero-order valence-corrected chi connectivity index (χ0v) is 15.3. The Morgan fingerprint density at radius 3 is 2.22 bits per heavy atom. The molecule has 1 amide bonds. The zero-order valence-electron chi connectivity index (χ0n) is 14.5. The Kier molecular flexibility index (Phi) is 5.83. The van der Waals surface area contributed by atoms with Crippen LogP contribution in [0.15, 0.2) is 83.9 Å². The topological polar surface area (TPSA) is 88.2 Å². The van der Waals surface area contributed by atoms with E-state index in [1.54, 1.807) is 48.7 Å². The summed E-state index contributed by atoms with van der Waals surface area (Å²) < 4.78 is 27.6. The number of carbonyl (C=O) groups is 1. The lowest BCUT2D eigenvalue weighted by Crippen LogP contribution is -2.17. The molecule has 1 heterocycles. The highest BCUT2D eigenvalue weighted by Crippen LogP contribution is 2.24. The molecule has 3 rings (SSSR count). The maximum atomic E-state index is 12.5. The van der Waals surface area contributed by atoms with E-state index in [1.165, 1.54) is 12.1 Å². The minimum Gasteiger partial charge on any atom is -0.324 e. The maximum absolute atomic E-state index is 12.5. The first kappa shape index (κ1) is 18.6. The van der Waals surface area contributed by atoms with E-state index in [4.69, 9.17) is 0 Å². The monoisotopic (exact) mass is 381 g/mol. The molecule has 0 aliphatic heterocycles. The largest absolute Gasteiger partial charge is 0.324 e. The van der Waals surface area contributed by atoms with Crippen LogP contribution in [0.1, 0.15) is 12.1 Å². The van der Waals surface area contributed by atoms with Crippen LogP contribution in [0.5, 0.6) is 0 Å². The number of aryl methyl sites for hydroxylation is 1. The molecule has 0 unspecified atom stereocenters. The number of anilines is 2. The van der Waals surface area contributed by atoms with Crippen LogP contribution in [0.3, 0.4) is 0 Å². The molecule has 0 saturated heterocycles. The lowest BCUT2D eigenvalue weighted by molar-refractivity contribution is -0.116. The van der Waals surface area contributed by atoms with Gasteiger partial charge in [-0.15, -0.1) is 0 Å². The predicted octanol–water partition coefficient (Wildman–Crippen LogP) is 3.45. The van der Waals surface area contributed by atoms with Gasteiger partial charge in [-0.05, 0) is 42.8 Å². The summed E-state index contributed by atoms with van der Waals surface area (Å²) in [6.07, 6.45) is 2.43. The number of amides is 1. The Morgan fingerprint density at radius 1 is 0.852 bits per heavy atom. The highest BCUT2D eigenvalue weighted by Gasteiger charge is 2.16. The summed E-state index contributed by atoms with van der Waals surface area (Å²) in [6.45, 7) is 0. The van der Waals surface area contributed by atoms with Gasteiger partial charge in [0.25, 0.3) is 10.0 Å². The van der Waals surface area contributed by atoms with Gasteiger partial charge in [-0.1, -0.05) is 36.4 Å². The normalized spacial score (nSPS) is 11.0. The van der Waals surface area contributed by atoms with Crippen LogP contribution in [-0.2, 0) is 21.2 Å². The van der Waals surface area contributed by atoms with Crippen molar-refractivity contribution in [3.63, 3.8) is 0 Å². The highest BCUT2D eigenvalue weighted by molar-refractivity contribution is 7.92. The first-order valence-corrected chi connectivity index (χ1v) is 9.89. The number of aromatic nitrogens is 1. The summed E-state index contributed by atoms with van der Waals surface area (Å²) in [5.74, 6) is -0.216. The molecule has 0 saturated carbocycles. The molecule has 0 atom stereocenters. The van der Waals surface area contributed by atoms with Crippen molar-refractivity contribution in [1.82, 2.24) is 4.98 Å². The first-order valence-electron chi connectivity index (χ1n) is 8.41. The molecule has 27 heavy (non-hydrogen) atoms. The van der Waals surface area contributed by atoms with Crippen molar-refractivity contribution < 1.29 is 13.2 Å². The van der Waals surface area contributed by atoms with Gasteiger partial charge in [0.05, 0.1) is 16.3 Å². The molecule has 6 nitrogen and oxygen atoms in total. The van der Waals surface area contributed by atoms with E-state index < -0.39 is 10.0 Å². The van der Waals surface area contributed by atoms with Gasteiger partial charge in [0.1, 0.15) is 0 Å². The summed E-state index contributed by atoms with van der Waals surface area (Å²) in [5, 5.41) is 2.76. The fourth-order valence-electron chi connectivity index (χ4n) is 2.48. The Hall–Kier alpha value is -3.19. The van der Waals surface area contributed by atoms with Gasteiger partial charge in [0.2, 0.25) is 5.91 Å². The summed E-state index contributed by atoms with van der Waals surface area (Å²) >= 11 is 0. The lowest BCUT2D eigenvalue weighted by atomic mass is 10.2. The van der Waals surface area contributed by atoms with Crippen molar-refractivity contribution in [1.29, 1.82) is 0 Å². The van der Waals surface area contributed by atoms with E-state index in [0.29, 0.717) is 17.8 Å². The maximum Gasteiger partial charge on any atom is 0.261 e. The molecule has 0 bridgehead atoms. The number of nitrogens with zero attached hydrogens (tertiary/aromatic N) is 1. The van der Waals surface area contributed by atoms with Crippen LogP contribution in [0.2, 0.25) is 0 Å². The third kappa shape index (κ3) is 5.15. The number of sulfonamides is 1. The molecule has 1 aromatic heterocycles. The minimum absolute atomic E-state index is 0.154. The van der Waals surface area contributed by atoms with Crippen molar-refractivity contribution >= 4 is 27.3 Å². The second kappa shape index (κ2) is 8.46. The molecule has 2 N–H and O–H groups in total. The molecule has 0 aliphatic rings. The van der Waals surface area contributed by atoms with Crippen LogP contribution >= 0.6 is 0 Å². The van der Waals surface area contributed by atoms with E-state index in [-0.39, 0.29) is 17.2 Å². The number of rotatable bonds is 7. The molecule has 0 fully saturated rings. The highest BCUT2D eigenvalue weighted by atomic mass is 32.2. The van der Waals surface area contributed by atoms with Crippen molar-refractivity contribution in [2.75, 3.05) is 10.0 Å². The fraction of sp³-hybridized carbons (Fsp3) is 0.100. The average molecular weight is 381 g/mol. The molecular formula is C20H19N3O3S. The van der Waals surface area contributed by atoms with Crippen LogP contribution in [0.4, 0.5) is 11.4 Å². The molecule has 7 heteroatoms. The minimum atomic E-state index is -3.74. The Morgan fingerprint density at radius 2 is 1.52 bits per heavy atom. The number of para-hydroxylation sites is 2. The Labute approximate surface area is 158 Å². The molecular weight excluding hydrogens is 362 g/mol. The van der Waals surface area contributed by atoms with Crippen LogP contribution < -0.4 is 10.0 Å². The second-order valence-electron chi connectivity index (χ2n) is 5.83. The summed E-state index contributed by atoms with van der Waals surface area (Å²) in [4.78, 5) is 16.6. The van der Waals surface area contributed by atoms with Gasteiger partial charge in [0, 0.05) is 18.3 Å². The molecule has 2 aromatic carbocycles. The Bertz CT molecular complexity index is 1010. The van der Waals surface area contributed by atoms with Crippen molar-refractivity contribution in [3.05, 3.63) is 84.7 Å². The van der Waals surface area contributed by atoms with Gasteiger partial charge in [0.15, 0.2) is 0 Å². The summed E-state index contributed by atoms with van der Waals surface area (Å²) in [6, 6.07) is 20.3. The van der Waals surface area contributed by atoms with E-state index in [2.05, 4.69) is 15.0 Å². The number of hydrogen-bond acceptors (Lipinski definition) is 4. The van der Waals surface area contributed by atoms with Gasteiger partial charge >= 0.3 is 0 Å². The molecule has 3 aromatic rings. The number of nitrogens with one attached hydrogen (secondary N) is 2. The second-order valence-corrected chi connectivity index (χ2v) is 7.52. The van der Waals surface area contributed by atoms with Gasteiger partial charge in [-0.2, -0.15) is 0 Å². The number of pyridine rings is 1. The quantitative estimate of drug-likeness (QED) is 0.656. The SMILES string of the molecule is O=C(CCc1ccccn1)Nc1ccccc1NS(=O)(=O)c1ccccc1. The van der Waals surface area contributed by atoms with Crippen LogP contribution in [-0.4, -0.2) is 19.3 Å². The molecule has 0 radical (unpaired) electrons. The van der Waals surface area contributed by atoms with Gasteiger partial charge in [-0.3, -0.25) is 14.5 Å². The number of hydrogen-bond donors (Lipinski definition) is 2.